The van der Waals surface area contributed by atoms with E-state index in [1.807, 2.05) is 14.1 Å². The van der Waals surface area contributed by atoms with Crippen LogP contribution in [0.5, 0.6) is 0 Å². The number of unbranched alkanes of at least 4 members (excludes halogenated alkanes) is 2. The predicted molar refractivity (Wildman–Crippen MR) is 112 cm³/mol. The number of hydrogen-bond acceptors (Lipinski definition) is 6. The van der Waals surface area contributed by atoms with Gasteiger partial charge in [-0.1, -0.05) is 19.1 Å². The molecular formula is C18H37N3O8P+. The maximum Gasteiger partial charge on any atom is 0.469 e. The Kier molecular flexibility index (Phi) is 15.4. The molecule has 0 saturated heterocycles. The molecule has 0 aliphatic heterocycles. The first-order valence-corrected chi connectivity index (χ1v) is 11.5. The molecule has 0 saturated carbocycles. The zero-order valence-electron chi connectivity index (χ0n) is 18.0. The van der Waals surface area contributed by atoms with E-state index in [9.17, 15) is 14.2 Å². The molecule has 0 atom stereocenters. The monoisotopic (exact) mass is 454 g/mol. The normalized spacial score (nSPS) is 11.7. The quantitative estimate of drug-likeness (QED) is 0.103. The molecule has 4 N–H and O–H groups in total. The smallest absolute Gasteiger partial charge is 0.445 e. The van der Waals surface area contributed by atoms with E-state index in [-0.39, 0.29) is 19.1 Å². The summed E-state index contributed by atoms with van der Waals surface area (Å²) < 4.78 is 25.9. The number of nitrogens with zero attached hydrogens (tertiary/aromatic N) is 1. The van der Waals surface area contributed by atoms with Crippen LogP contribution in [0, 0.1) is 0 Å². The molecule has 11 nitrogen and oxygen atoms in total. The molecule has 0 aliphatic rings. The zero-order valence-corrected chi connectivity index (χ0v) is 18.9. The maximum atomic E-state index is 11.7. The van der Waals surface area contributed by atoms with Gasteiger partial charge < -0.3 is 34.4 Å². The second-order valence-electron chi connectivity index (χ2n) is 7.29. The largest absolute Gasteiger partial charge is 0.469 e. The van der Waals surface area contributed by atoms with Crippen molar-refractivity contribution in [3.8, 4) is 0 Å². The summed E-state index contributed by atoms with van der Waals surface area (Å²) in [5.41, 5.74) is 0. The molecule has 0 fully saturated rings. The first-order chi connectivity index (χ1) is 14.1. The topological polar surface area (TPSA) is 143 Å². The van der Waals surface area contributed by atoms with Crippen molar-refractivity contribution in [1.82, 2.24) is 10.6 Å². The van der Waals surface area contributed by atoms with E-state index in [1.54, 1.807) is 0 Å². The molecular weight excluding hydrogens is 417 g/mol. The lowest BCUT2D eigenvalue weighted by molar-refractivity contribution is -0.890. The van der Waals surface area contributed by atoms with E-state index in [4.69, 9.17) is 19.3 Å². The van der Waals surface area contributed by atoms with Crippen molar-refractivity contribution in [3.05, 3.63) is 12.7 Å². The van der Waals surface area contributed by atoms with Gasteiger partial charge in [-0.25, -0.2) is 9.36 Å². The summed E-state index contributed by atoms with van der Waals surface area (Å²) in [6.07, 6.45) is 3.78. The summed E-state index contributed by atoms with van der Waals surface area (Å²) in [5.74, 6) is -0.0392. The summed E-state index contributed by atoms with van der Waals surface area (Å²) in [6, 6.07) is 0. The van der Waals surface area contributed by atoms with Gasteiger partial charge in [0.25, 0.3) is 0 Å². The molecule has 0 aromatic carbocycles. The van der Waals surface area contributed by atoms with Crippen LogP contribution in [0.4, 0.5) is 4.79 Å². The fraction of sp³-hybridized carbons (Fsp3) is 0.778. The Hall–Kier alpha value is -1.49. The third-order valence-corrected chi connectivity index (χ3v) is 4.57. The van der Waals surface area contributed by atoms with Crippen molar-refractivity contribution >= 4 is 19.8 Å². The van der Waals surface area contributed by atoms with Crippen LogP contribution in [0.3, 0.4) is 0 Å². The minimum atomic E-state index is -4.43. The van der Waals surface area contributed by atoms with Crippen LogP contribution < -0.4 is 10.6 Å². The van der Waals surface area contributed by atoms with Crippen LogP contribution in [0.15, 0.2) is 12.7 Å². The van der Waals surface area contributed by atoms with E-state index in [0.29, 0.717) is 50.3 Å². The van der Waals surface area contributed by atoms with E-state index in [2.05, 4.69) is 21.7 Å². The third kappa shape index (κ3) is 19.8. The summed E-state index contributed by atoms with van der Waals surface area (Å²) in [4.78, 5) is 40.3. The van der Waals surface area contributed by atoms with E-state index >= 15 is 0 Å². The molecule has 0 bridgehead atoms. The zero-order chi connectivity index (χ0) is 22.9. The summed E-state index contributed by atoms with van der Waals surface area (Å²) in [7, 11) is -0.609. The highest BCUT2D eigenvalue weighted by atomic mass is 31.2. The average Bonchev–Trinajstić information content (AvgIpc) is 2.64. The molecule has 0 aliphatic carbocycles. The minimum absolute atomic E-state index is 0.0389. The SMILES string of the molecule is C=CCOC(=O)NCCCCCC(=O)NCCOCC[N+](C)(C)CCOP(=O)(O)O. The fourth-order valence-electron chi connectivity index (χ4n) is 2.25. The van der Waals surface area contributed by atoms with Gasteiger partial charge in [0.15, 0.2) is 0 Å². The Bertz CT molecular complexity index is 554. The standard InChI is InChI=1S/C18H36N3O8P/c1-4-13-28-18(23)20-9-7-5-6-8-17(22)19-10-14-27-15-11-21(2,3)12-16-29-30(24,25)26/h4H,1,5-16H2,2-3H3,(H3-,19,20,22,23,24,25,26)/p+1. The Balaban J connectivity index is 3.55. The fourth-order valence-corrected chi connectivity index (χ4v) is 2.57. The number of carbonyl (C=O) groups is 2. The van der Waals surface area contributed by atoms with Gasteiger partial charge in [-0.15, -0.1) is 0 Å². The van der Waals surface area contributed by atoms with Crippen molar-refractivity contribution in [3.63, 3.8) is 0 Å². The van der Waals surface area contributed by atoms with Gasteiger partial charge in [-0.05, 0) is 12.8 Å². The van der Waals surface area contributed by atoms with E-state index < -0.39 is 13.9 Å². The summed E-state index contributed by atoms with van der Waals surface area (Å²) in [6.45, 7) is 6.46. The van der Waals surface area contributed by atoms with Crippen molar-refractivity contribution in [2.75, 3.05) is 66.7 Å². The Labute approximate surface area is 178 Å². The Morgan fingerprint density at radius 1 is 1.03 bits per heavy atom. The lowest BCUT2D eigenvalue weighted by atomic mass is 10.2. The lowest BCUT2D eigenvalue weighted by Gasteiger charge is -2.29. The van der Waals surface area contributed by atoms with E-state index in [1.165, 1.54) is 6.08 Å². The molecule has 0 heterocycles. The highest BCUT2D eigenvalue weighted by molar-refractivity contribution is 7.46. The number of amides is 2. The van der Waals surface area contributed by atoms with Crippen molar-refractivity contribution < 1.29 is 42.4 Å². The van der Waals surface area contributed by atoms with Crippen LogP contribution in [-0.4, -0.2) is 93.0 Å². The number of hydrogen-bond donors (Lipinski definition) is 4. The van der Waals surface area contributed by atoms with Gasteiger partial charge in [0.1, 0.15) is 26.3 Å². The molecule has 0 aromatic heterocycles. The molecule has 2 amide bonds. The van der Waals surface area contributed by atoms with Gasteiger partial charge in [0.05, 0.1) is 27.3 Å². The number of carbonyl (C=O) groups excluding carboxylic acids is 2. The highest BCUT2D eigenvalue weighted by Crippen LogP contribution is 2.35. The number of alkyl carbamates (subject to hydrolysis) is 1. The number of nitrogens with one attached hydrogen (secondary N) is 2. The third-order valence-electron chi connectivity index (χ3n) is 4.05. The number of quaternary nitrogens is 1. The van der Waals surface area contributed by atoms with Gasteiger partial charge in [0.2, 0.25) is 5.91 Å². The van der Waals surface area contributed by atoms with Crippen molar-refractivity contribution in [1.29, 1.82) is 0 Å². The maximum absolute atomic E-state index is 11.7. The molecule has 0 rings (SSSR count). The second-order valence-corrected chi connectivity index (χ2v) is 8.53. The van der Waals surface area contributed by atoms with Crippen molar-refractivity contribution in [2.24, 2.45) is 0 Å². The number of phosphoric ester groups is 1. The Morgan fingerprint density at radius 3 is 2.40 bits per heavy atom. The van der Waals surface area contributed by atoms with Crippen LogP contribution in [0.25, 0.3) is 0 Å². The van der Waals surface area contributed by atoms with E-state index in [0.717, 1.165) is 19.3 Å². The molecule has 0 spiro atoms. The number of likely N-dealkylation sites (N-methyl/N-ethyl adjacent to an activating group) is 1. The number of rotatable bonds is 18. The van der Waals surface area contributed by atoms with Crippen LogP contribution in [0.1, 0.15) is 25.7 Å². The molecule has 0 aromatic rings. The average molecular weight is 454 g/mol. The van der Waals surface area contributed by atoms with Crippen LogP contribution in [0.2, 0.25) is 0 Å². The first kappa shape index (κ1) is 28.5. The molecule has 176 valence electrons. The minimum Gasteiger partial charge on any atom is -0.445 e. The second kappa shape index (κ2) is 16.2. The van der Waals surface area contributed by atoms with Gasteiger partial charge in [-0.3, -0.25) is 9.32 Å². The van der Waals surface area contributed by atoms with Gasteiger partial charge in [0, 0.05) is 19.5 Å². The van der Waals surface area contributed by atoms with Gasteiger partial charge >= 0.3 is 13.9 Å². The van der Waals surface area contributed by atoms with Gasteiger partial charge in [-0.2, -0.15) is 0 Å². The first-order valence-electron chi connectivity index (χ1n) is 9.94. The molecule has 0 radical (unpaired) electrons. The Morgan fingerprint density at radius 2 is 1.73 bits per heavy atom. The van der Waals surface area contributed by atoms with Crippen LogP contribution in [-0.2, 0) is 23.4 Å². The molecule has 30 heavy (non-hydrogen) atoms. The summed E-state index contributed by atoms with van der Waals surface area (Å²) in [5, 5.41) is 5.41. The predicted octanol–water partition coefficient (Wildman–Crippen LogP) is 0.778. The van der Waals surface area contributed by atoms with Crippen LogP contribution >= 0.6 is 7.82 Å². The molecule has 12 heteroatoms. The highest BCUT2D eigenvalue weighted by Gasteiger charge is 2.19. The summed E-state index contributed by atoms with van der Waals surface area (Å²) >= 11 is 0. The number of phosphoric acid groups is 1. The molecule has 0 unspecified atom stereocenters. The van der Waals surface area contributed by atoms with Crippen molar-refractivity contribution in [2.45, 2.75) is 25.7 Å². The lowest BCUT2D eigenvalue weighted by Crippen LogP contribution is -2.44. The number of ether oxygens (including phenoxy) is 2.